The van der Waals surface area contributed by atoms with Gasteiger partial charge in [0.2, 0.25) is 0 Å². The Morgan fingerprint density at radius 1 is 1.12 bits per heavy atom. The van der Waals surface area contributed by atoms with Crippen LogP contribution in [0.5, 0.6) is 0 Å². The van der Waals surface area contributed by atoms with Crippen LogP contribution in [0.15, 0.2) is 0 Å². The van der Waals surface area contributed by atoms with Crippen LogP contribution in [0.4, 0.5) is 0 Å². The first-order chi connectivity index (χ1) is 3.13. The summed E-state index contributed by atoms with van der Waals surface area (Å²) < 4.78 is 3.97. The van der Waals surface area contributed by atoms with Gasteiger partial charge in [-0.3, -0.25) is 9.59 Å². The Hall–Kier alpha value is 0.0231. The van der Waals surface area contributed by atoms with E-state index in [2.05, 4.69) is 4.74 Å². The van der Waals surface area contributed by atoms with Crippen molar-refractivity contribution in [2.45, 2.75) is 13.8 Å². The molecule has 0 rings (SSSR count). The number of hydrogen-bond acceptors (Lipinski definition) is 3. The molecule has 0 aliphatic carbocycles. The third kappa shape index (κ3) is 9.39. The monoisotopic (exact) mass is 192 g/mol. The number of carbonyl (C=O) groups excluding carboxylic acids is 2. The molecule has 0 aromatic heterocycles. The van der Waals surface area contributed by atoms with E-state index in [4.69, 9.17) is 0 Å². The summed E-state index contributed by atoms with van der Waals surface area (Å²) in [5.41, 5.74) is 0. The van der Waals surface area contributed by atoms with E-state index in [1.165, 1.54) is 13.8 Å². The Morgan fingerprint density at radius 2 is 1.38 bits per heavy atom. The summed E-state index contributed by atoms with van der Waals surface area (Å²) in [7, 11) is 0. The fourth-order valence-electron chi connectivity index (χ4n) is 0.202. The summed E-state index contributed by atoms with van der Waals surface area (Å²) in [6, 6.07) is 0. The van der Waals surface area contributed by atoms with Gasteiger partial charge in [-0.05, 0) is 0 Å². The molecule has 0 unspecified atom stereocenters. The average molecular weight is 193 g/mol. The zero-order valence-corrected chi connectivity index (χ0v) is 7.18. The second kappa shape index (κ2) is 5.17. The summed E-state index contributed by atoms with van der Waals surface area (Å²) in [6.45, 7) is 2.36. The number of carbonyl (C=O) groups is 2. The molecule has 4 heteroatoms. The minimum Gasteiger partial charge on any atom is -0.394 e. The van der Waals surface area contributed by atoms with Crippen molar-refractivity contribution in [3.63, 3.8) is 0 Å². The van der Waals surface area contributed by atoms with Gasteiger partial charge < -0.3 is 4.74 Å². The standard InChI is InChI=1S/C4H6O3.Zr/c1-3(5)7-4(2)6;/h1-2H3;. The van der Waals surface area contributed by atoms with Crippen molar-refractivity contribution < 1.29 is 40.5 Å². The number of ether oxygens (including phenoxy) is 1. The SMILES string of the molecule is CC(=O)OC(C)=O.[Zr]. The molecule has 0 heterocycles. The maximum absolute atomic E-state index is 9.81. The van der Waals surface area contributed by atoms with Crippen LogP contribution in [-0.4, -0.2) is 11.9 Å². The van der Waals surface area contributed by atoms with Crippen molar-refractivity contribution >= 4 is 11.9 Å². The third-order valence-corrected chi connectivity index (χ3v) is 0.287. The molecule has 0 amide bonds. The van der Waals surface area contributed by atoms with E-state index in [0.29, 0.717) is 0 Å². The molecule has 0 fully saturated rings. The molecule has 0 N–H and O–H groups in total. The minimum atomic E-state index is -0.562. The Bertz CT molecular complexity index is 87.5. The van der Waals surface area contributed by atoms with Gasteiger partial charge in [0, 0.05) is 40.1 Å². The molecule has 0 bridgehead atoms. The molecule has 3 nitrogen and oxygen atoms in total. The molecule has 0 aliphatic heterocycles. The Labute approximate surface area is 66.5 Å². The van der Waals surface area contributed by atoms with Crippen LogP contribution in [0, 0.1) is 0 Å². The summed E-state index contributed by atoms with van der Waals surface area (Å²) >= 11 is 0. The molecule has 44 valence electrons. The van der Waals surface area contributed by atoms with Crippen LogP contribution < -0.4 is 0 Å². The van der Waals surface area contributed by atoms with Crippen LogP contribution >= 0.6 is 0 Å². The van der Waals surface area contributed by atoms with Crippen LogP contribution in [0.3, 0.4) is 0 Å². The van der Waals surface area contributed by atoms with E-state index < -0.39 is 11.9 Å². The second-order valence-electron chi connectivity index (χ2n) is 1.09. The number of hydrogen-bond donors (Lipinski definition) is 0. The van der Waals surface area contributed by atoms with E-state index >= 15 is 0 Å². The first-order valence-corrected chi connectivity index (χ1v) is 1.82. The minimum absolute atomic E-state index is 0. The van der Waals surface area contributed by atoms with Crippen molar-refractivity contribution in [1.82, 2.24) is 0 Å². The summed E-state index contributed by atoms with van der Waals surface area (Å²) in [6.07, 6.45) is 0. The van der Waals surface area contributed by atoms with Crippen molar-refractivity contribution in [2.75, 3.05) is 0 Å². The van der Waals surface area contributed by atoms with E-state index in [9.17, 15) is 9.59 Å². The molecule has 8 heavy (non-hydrogen) atoms. The predicted octanol–water partition coefficient (Wildman–Crippen LogP) is 0.0935. The van der Waals surface area contributed by atoms with Crippen molar-refractivity contribution in [2.24, 2.45) is 0 Å². The van der Waals surface area contributed by atoms with Gasteiger partial charge in [-0.25, -0.2) is 0 Å². The van der Waals surface area contributed by atoms with E-state index in [1.807, 2.05) is 0 Å². The number of rotatable bonds is 0. The van der Waals surface area contributed by atoms with Crippen molar-refractivity contribution in [3.8, 4) is 0 Å². The van der Waals surface area contributed by atoms with Crippen LogP contribution in [-0.2, 0) is 40.5 Å². The van der Waals surface area contributed by atoms with E-state index in [0.717, 1.165) is 0 Å². The van der Waals surface area contributed by atoms with Gasteiger partial charge >= 0.3 is 11.9 Å². The Morgan fingerprint density at radius 3 is 1.38 bits per heavy atom. The predicted molar refractivity (Wildman–Crippen MR) is 22.4 cm³/mol. The molecule has 0 saturated carbocycles. The molecule has 0 aliphatic rings. The van der Waals surface area contributed by atoms with Crippen LogP contribution in [0.1, 0.15) is 13.8 Å². The third-order valence-electron chi connectivity index (χ3n) is 0.287. The molecule has 0 saturated heterocycles. The van der Waals surface area contributed by atoms with Crippen LogP contribution in [0.2, 0.25) is 0 Å². The van der Waals surface area contributed by atoms with Gasteiger partial charge in [-0.2, -0.15) is 0 Å². The average Bonchev–Trinajstić information content (AvgIpc) is 1.27. The van der Waals surface area contributed by atoms with Crippen molar-refractivity contribution in [3.05, 3.63) is 0 Å². The number of esters is 2. The molecular formula is C4H6O3Zr. The summed E-state index contributed by atoms with van der Waals surface area (Å²) in [5.74, 6) is -1.12. The molecule has 0 radical (unpaired) electrons. The summed E-state index contributed by atoms with van der Waals surface area (Å²) in [4.78, 5) is 19.6. The van der Waals surface area contributed by atoms with Crippen molar-refractivity contribution in [1.29, 1.82) is 0 Å². The van der Waals surface area contributed by atoms with Crippen LogP contribution in [0.25, 0.3) is 0 Å². The topological polar surface area (TPSA) is 43.4 Å². The Balaban J connectivity index is 0. The van der Waals surface area contributed by atoms with Gasteiger partial charge in [0.15, 0.2) is 0 Å². The van der Waals surface area contributed by atoms with Gasteiger partial charge in [-0.15, -0.1) is 0 Å². The zero-order valence-electron chi connectivity index (χ0n) is 4.72. The first kappa shape index (κ1) is 10.9. The molecule has 0 spiro atoms. The fourth-order valence-corrected chi connectivity index (χ4v) is 0.202. The van der Waals surface area contributed by atoms with Gasteiger partial charge in [0.25, 0.3) is 0 Å². The maximum Gasteiger partial charge on any atom is 0.310 e. The van der Waals surface area contributed by atoms with Gasteiger partial charge in [-0.1, -0.05) is 0 Å². The van der Waals surface area contributed by atoms with Gasteiger partial charge in [0.05, 0.1) is 0 Å². The quantitative estimate of drug-likeness (QED) is 0.404. The molecule has 0 aromatic rings. The van der Waals surface area contributed by atoms with E-state index in [-0.39, 0.29) is 26.2 Å². The smallest absolute Gasteiger partial charge is 0.310 e. The van der Waals surface area contributed by atoms with E-state index in [1.54, 1.807) is 0 Å². The molecule has 0 aromatic carbocycles. The molecule has 0 atom stereocenters. The fraction of sp³-hybridized carbons (Fsp3) is 0.500. The first-order valence-electron chi connectivity index (χ1n) is 1.82. The summed E-state index contributed by atoms with van der Waals surface area (Å²) in [5, 5.41) is 0. The Kier molecular flexibility index (Phi) is 7.04. The zero-order chi connectivity index (χ0) is 5.86. The second-order valence-corrected chi connectivity index (χ2v) is 1.09. The normalized spacial score (nSPS) is 6.75. The van der Waals surface area contributed by atoms with Gasteiger partial charge in [0.1, 0.15) is 0 Å². The largest absolute Gasteiger partial charge is 0.394 e. The molecular weight excluding hydrogens is 187 g/mol. The maximum atomic E-state index is 9.81.